The Balaban J connectivity index is 1.62. The number of methoxy groups -OCH3 is 1. The highest BCUT2D eigenvalue weighted by Gasteiger charge is 2.35. The Labute approximate surface area is 186 Å². The molecule has 2 fully saturated rings. The van der Waals surface area contributed by atoms with Crippen LogP contribution in [0.4, 0.5) is 0 Å². The maximum atomic E-state index is 12.8. The molecule has 1 aromatic carbocycles. The smallest absolute Gasteiger partial charge is 0.266 e. The summed E-state index contributed by atoms with van der Waals surface area (Å²) < 4.78 is 29.0. The van der Waals surface area contributed by atoms with Gasteiger partial charge < -0.3 is 9.64 Å². The number of nitrogens with zero attached hydrogens (tertiary/aromatic N) is 2. The quantitative estimate of drug-likeness (QED) is 0.449. The van der Waals surface area contributed by atoms with Crippen LogP contribution in [0.3, 0.4) is 0 Å². The van der Waals surface area contributed by atoms with Crippen LogP contribution in [0.15, 0.2) is 29.2 Å². The molecule has 7 nitrogen and oxygen atoms in total. The standard InChI is InChI=1S/C20H24N2O5S3/c1-3-21(15-9-11-30(25,26)13-15)18(23)8-10-22-19(24)17(29-20(22)28)12-14-4-6-16(27-2)7-5-14/h4-7,12,15H,3,8-11,13H2,1-2H3/b17-12+. The number of carbonyl (C=O) groups excluding carboxylic acids is 2. The second-order valence-electron chi connectivity index (χ2n) is 7.09. The van der Waals surface area contributed by atoms with E-state index in [2.05, 4.69) is 0 Å². The van der Waals surface area contributed by atoms with E-state index in [1.807, 2.05) is 31.2 Å². The third kappa shape index (κ3) is 5.22. The minimum absolute atomic E-state index is 0.0121. The van der Waals surface area contributed by atoms with Crippen LogP contribution < -0.4 is 4.74 Å². The number of hydrogen-bond donors (Lipinski definition) is 0. The maximum Gasteiger partial charge on any atom is 0.266 e. The van der Waals surface area contributed by atoms with Crippen LogP contribution >= 0.6 is 24.0 Å². The number of thioether (sulfide) groups is 1. The van der Waals surface area contributed by atoms with Gasteiger partial charge in [-0.1, -0.05) is 36.1 Å². The predicted molar refractivity (Wildman–Crippen MR) is 122 cm³/mol. The number of amides is 2. The minimum atomic E-state index is -3.07. The first kappa shape index (κ1) is 22.8. The van der Waals surface area contributed by atoms with Gasteiger partial charge in [-0.15, -0.1) is 0 Å². The summed E-state index contributed by atoms with van der Waals surface area (Å²) in [5.74, 6) is 0.478. The van der Waals surface area contributed by atoms with E-state index in [0.717, 1.165) is 11.3 Å². The average Bonchev–Trinajstić information content (AvgIpc) is 3.20. The van der Waals surface area contributed by atoms with Crippen molar-refractivity contribution in [3.63, 3.8) is 0 Å². The molecule has 1 aromatic rings. The number of thiocarbonyl (C=S) groups is 1. The molecule has 0 aromatic heterocycles. The molecule has 2 heterocycles. The monoisotopic (exact) mass is 468 g/mol. The molecule has 0 N–H and O–H groups in total. The van der Waals surface area contributed by atoms with Crippen LogP contribution in [0.2, 0.25) is 0 Å². The van der Waals surface area contributed by atoms with Gasteiger partial charge in [0.1, 0.15) is 10.1 Å². The van der Waals surface area contributed by atoms with Crippen molar-refractivity contribution in [2.24, 2.45) is 0 Å². The van der Waals surface area contributed by atoms with Crippen LogP contribution in [-0.2, 0) is 19.4 Å². The molecule has 0 aliphatic carbocycles. The fraction of sp³-hybridized carbons (Fsp3) is 0.450. The van der Waals surface area contributed by atoms with Crippen LogP contribution in [-0.4, -0.2) is 72.1 Å². The highest BCUT2D eigenvalue weighted by Crippen LogP contribution is 2.33. The molecule has 0 spiro atoms. The van der Waals surface area contributed by atoms with Crippen molar-refractivity contribution in [2.45, 2.75) is 25.8 Å². The molecule has 1 atom stereocenters. The van der Waals surface area contributed by atoms with E-state index < -0.39 is 9.84 Å². The third-order valence-electron chi connectivity index (χ3n) is 5.15. The van der Waals surface area contributed by atoms with E-state index in [-0.39, 0.29) is 42.3 Å². The Morgan fingerprint density at radius 2 is 2.07 bits per heavy atom. The summed E-state index contributed by atoms with van der Waals surface area (Å²) in [7, 11) is -1.48. The van der Waals surface area contributed by atoms with Crippen molar-refractivity contribution in [3.05, 3.63) is 34.7 Å². The molecule has 10 heteroatoms. The molecule has 0 radical (unpaired) electrons. The first-order chi connectivity index (χ1) is 14.2. The lowest BCUT2D eigenvalue weighted by atomic mass is 10.2. The normalized spacial score (nSPS) is 22.0. The molecule has 1 unspecified atom stereocenters. The molecule has 162 valence electrons. The number of sulfone groups is 1. The molecule has 2 aliphatic heterocycles. The lowest BCUT2D eigenvalue weighted by molar-refractivity contribution is -0.133. The summed E-state index contributed by atoms with van der Waals surface area (Å²) in [5, 5.41) is 0. The molecule has 0 bridgehead atoms. The topological polar surface area (TPSA) is 84.0 Å². The van der Waals surface area contributed by atoms with Crippen molar-refractivity contribution in [1.29, 1.82) is 0 Å². The van der Waals surface area contributed by atoms with Crippen molar-refractivity contribution >= 4 is 56.0 Å². The van der Waals surface area contributed by atoms with E-state index in [0.29, 0.717) is 22.2 Å². The molecule has 2 aliphatic rings. The van der Waals surface area contributed by atoms with Crippen LogP contribution in [0.1, 0.15) is 25.3 Å². The van der Waals surface area contributed by atoms with E-state index in [1.165, 1.54) is 16.7 Å². The van der Waals surface area contributed by atoms with Gasteiger partial charge >= 0.3 is 0 Å². The lowest BCUT2D eigenvalue weighted by Crippen LogP contribution is -2.42. The van der Waals surface area contributed by atoms with E-state index in [4.69, 9.17) is 17.0 Å². The second-order valence-corrected chi connectivity index (χ2v) is 11.0. The Kier molecular flexibility index (Phi) is 7.20. The Morgan fingerprint density at radius 3 is 2.63 bits per heavy atom. The number of rotatable bonds is 7. The maximum absolute atomic E-state index is 12.8. The number of benzene rings is 1. The summed E-state index contributed by atoms with van der Waals surface area (Å²) >= 11 is 6.55. The van der Waals surface area contributed by atoms with Gasteiger partial charge in [0.2, 0.25) is 5.91 Å². The number of carbonyl (C=O) groups is 2. The SMILES string of the molecule is CCN(C(=O)CCN1C(=O)/C(=C\c2ccc(OC)cc2)SC1=S)C1CCS(=O)(=O)C1. The first-order valence-electron chi connectivity index (χ1n) is 9.63. The van der Waals surface area contributed by atoms with Crippen LogP contribution in [0.5, 0.6) is 5.75 Å². The van der Waals surface area contributed by atoms with Gasteiger partial charge in [0.15, 0.2) is 9.84 Å². The van der Waals surface area contributed by atoms with Crippen LogP contribution in [0.25, 0.3) is 6.08 Å². The van der Waals surface area contributed by atoms with Gasteiger partial charge in [0, 0.05) is 25.6 Å². The zero-order valence-corrected chi connectivity index (χ0v) is 19.3. The van der Waals surface area contributed by atoms with Crippen molar-refractivity contribution in [3.8, 4) is 5.75 Å². The van der Waals surface area contributed by atoms with Crippen molar-refractivity contribution < 1.29 is 22.7 Å². The Hall–Kier alpha value is -1.91. The fourth-order valence-corrected chi connectivity index (χ4v) is 6.59. The zero-order chi connectivity index (χ0) is 21.9. The zero-order valence-electron chi connectivity index (χ0n) is 16.9. The summed E-state index contributed by atoms with van der Waals surface area (Å²) in [4.78, 5) is 29.0. The summed E-state index contributed by atoms with van der Waals surface area (Å²) in [6.07, 6.45) is 2.34. The minimum Gasteiger partial charge on any atom is -0.497 e. The third-order valence-corrected chi connectivity index (χ3v) is 8.27. The molecular weight excluding hydrogens is 444 g/mol. The van der Waals surface area contributed by atoms with Gasteiger partial charge in [0.05, 0.1) is 23.5 Å². The molecular formula is C20H24N2O5S3. The Morgan fingerprint density at radius 1 is 1.37 bits per heavy atom. The van der Waals surface area contributed by atoms with Gasteiger partial charge in [-0.3, -0.25) is 14.5 Å². The summed E-state index contributed by atoms with van der Waals surface area (Å²) in [5.41, 5.74) is 0.854. The van der Waals surface area contributed by atoms with Gasteiger partial charge in [-0.05, 0) is 37.1 Å². The Bertz CT molecular complexity index is 973. The average molecular weight is 469 g/mol. The van der Waals surface area contributed by atoms with E-state index in [9.17, 15) is 18.0 Å². The molecule has 30 heavy (non-hydrogen) atoms. The first-order valence-corrected chi connectivity index (χ1v) is 12.7. The van der Waals surface area contributed by atoms with Gasteiger partial charge in [-0.25, -0.2) is 8.42 Å². The fourth-order valence-electron chi connectivity index (χ4n) is 3.55. The highest BCUT2D eigenvalue weighted by molar-refractivity contribution is 8.26. The van der Waals surface area contributed by atoms with E-state index in [1.54, 1.807) is 18.1 Å². The van der Waals surface area contributed by atoms with Gasteiger partial charge in [-0.2, -0.15) is 0 Å². The van der Waals surface area contributed by atoms with Crippen molar-refractivity contribution in [1.82, 2.24) is 9.80 Å². The predicted octanol–water partition coefficient (Wildman–Crippen LogP) is 2.32. The highest BCUT2D eigenvalue weighted by atomic mass is 32.2. The number of ether oxygens (including phenoxy) is 1. The van der Waals surface area contributed by atoms with Crippen molar-refractivity contribution in [2.75, 3.05) is 31.7 Å². The largest absolute Gasteiger partial charge is 0.497 e. The summed E-state index contributed by atoms with van der Waals surface area (Å²) in [6.45, 7) is 2.45. The molecule has 2 saturated heterocycles. The molecule has 2 amide bonds. The van der Waals surface area contributed by atoms with Gasteiger partial charge in [0.25, 0.3) is 5.91 Å². The van der Waals surface area contributed by atoms with E-state index >= 15 is 0 Å². The second kappa shape index (κ2) is 9.49. The molecule has 3 rings (SSSR count). The van der Waals surface area contributed by atoms with Crippen LogP contribution in [0, 0.1) is 0 Å². The summed E-state index contributed by atoms with van der Waals surface area (Å²) in [6, 6.07) is 7.04. The molecule has 0 saturated carbocycles. The number of hydrogen-bond acceptors (Lipinski definition) is 7. The lowest BCUT2D eigenvalue weighted by Gasteiger charge is -2.27.